The molecule has 0 bridgehead atoms. The second-order valence-corrected chi connectivity index (χ2v) is 3.53. The van der Waals surface area contributed by atoms with Crippen LogP contribution in [-0.2, 0) is 0 Å². The molecule has 4 atom stereocenters. The first-order valence-corrected chi connectivity index (χ1v) is 3.69. The molecule has 0 heterocycles. The first-order chi connectivity index (χ1) is 4.92. The first kappa shape index (κ1) is 8.93. The van der Waals surface area contributed by atoms with Gasteiger partial charge in [0, 0.05) is 12.8 Å². The lowest BCUT2D eigenvalue weighted by Gasteiger charge is -2.37. The first-order valence-electron chi connectivity index (χ1n) is 3.69. The molecule has 0 amide bonds. The van der Waals surface area contributed by atoms with Gasteiger partial charge in [0.2, 0.25) is 0 Å². The van der Waals surface area contributed by atoms with Crippen molar-refractivity contribution in [2.75, 3.05) is 0 Å². The maximum atomic E-state index is 9.40. The fraction of sp³-hybridized carbons (Fsp3) is 1.00. The van der Waals surface area contributed by atoms with Gasteiger partial charge in [-0.3, -0.25) is 0 Å². The van der Waals surface area contributed by atoms with Crippen molar-refractivity contribution in [3.63, 3.8) is 0 Å². The van der Waals surface area contributed by atoms with Gasteiger partial charge < -0.3 is 20.4 Å². The largest absolute Gasteiger partial charge is 0.390 e. The average Bonchev–Trinajstić information content (AvgIpc) is 1.81. The zero-order chi connectivity index (χ0) is 8.65. The van der Waals surface area contributed by atoms with E-state index in [1.807, 2.05) is 0 Å². The van der Waals surface area contributed by atoms with Crippen molar-refractivity contribution >= 4 is 0 Å². The van der Waals surface area contributed by atoms with E-state index < -0.39 is 23.9 Å². The molecule has 0 aromatic heterocycles. The van der Waals surface area contributed by atoms with Crippen LogP contribution in [0.3, 0.4) is 0 Å². The minimum absolute atomic E-state index is 0.116. The van der Waals surface area contributed by atoms with E-state index in [1.54, 1.807) is 0 Å². The minimum atomic E-state index is -1.12. The normalized spacial score (nSPS) is 52.6. The molecule has 4 nitrogen and oxygen atoms in total. The smallest absolute Gasteiger partial charge is 0.106 e. The predicted molar refractivity (Wildman–Crippen MR) is 37.9 cm³/mol. The van der Waals surface area contributed by atoms with Crippen LogP contribution in [0.5, 0.6) is 0 Å². The summed E-state index contributed by atoms with van der Waals surface area (Å²) in [5.41, 5.74) is -1.06. The van der Waals surface area contributed by atoms with Gasteiger partial charge in [0.1, 0.15) is 6.10 Å². The van der Waals surface area contributed by atoms with Crippen LogP contribution in [0, 0.1) is 0 Å². The SMILES string of the molecule is CC1(O)C[C@@H](O)C(O)[C@@H](O)C1. The second-order valence-electron chi connectivity index (χ2n) is 3.53. The molecule has 0 saturated heterocycles. The van der Waals surface area contributed by atoms with Gasteiger partial charge in [0.15, 0.2) is 0 Å². The standard InChI is InChI=1S/C7H14O4/c1-7(11)2-4(8)6(10)5(9)3-7/h4-6,8-11H,2-3H2,1H3/t4-,5+,6?,7?. The molecule has 0 aromatic carbocycles. The Hall–Kier alpha value is -0.160. The summed E-state index contributed by atoms with van der Waals surface area (Å²) in [6.07, 6.45) is -2.92. The Labute approximate surface area is 65.1 Å². The van der Waals surface area contributed by atoms with Crippen molar-refractivity contribution in [1.29, 1.82) is 0 Å². The highest BCUT2D eigenvalue weighted by molar-refractivity contribution is 4.92. The van der Waals surface area contributed by atoms with E-state index in [4.69, 9.17) is 15.3 Å². The fourth-order valence-corrected chi connectivity index (χ4v) is 1.48. The van der Waals surface area contributed by atoms with Crippen molar-refractivity contribution in [3.05, 3.63) is 0 Å². The zero-order valence-electron chi connectivity index (χ0n) is 6.44. The molecule has 1 aliphatic carbocycles. The Morgan fingerprint density at radius 1 is 1.09 bits per heavy atom. The second kappa shape index (κ2) is 2.71. The molecule has 1 saturated carbocycles. The highest BCUT2D eigenvalue weighted by Gasteiger charge is 2.40. The summed E-state index contributed by atoms with van der Waals surface area (Å²) in [7, 11) is 0. The number of hydrogen-bond donors (Lipinski definition) is 4. The molecule has 0 aliphatic heterocycles. The van der Waals surface area contributed by atoms with E-state index in [2.05, 4.69) is 0 Å². The monoisotopic (exact) mass is 162 g/mol. The van der Waals surface area contributed by atoms with E-state index in [-0.39, 0.29) is 12.8 Å². The lowest BCUT2D eigenvalue weighted by molar-refractivity contribution is -0.147. The van der Waals surface area contributed by atoms with Crippen molar-refractivity contribution in [1.82, 2.24) is 0 Å². The van der Waals surface area contributed by atoms with Crippen LogP contribution in [0.1, 0.15) is 19.8 Å². The van der Waals surface area contributed by atoms with E-state index in [0.717, 1.165) is 0 Å². The molecule has 0 spiro atoms. The maximum absolute atomic E-state index is 9.40. The summed E-state index contributed by atoms with van der Waals surface area (Å²) in [5, 5.41) is 36.7. The van der Waals surface area contributed by atoms with Gasteiger partial charge in [0.05, 0.1) is 17.8 Å². The third-order valence-corrected chi connectivity index (χ3v) is 2.09. The van der Waals surface area contributed by atoms with Gasteiger partial charge in [-0.15, -0.1) is 0 Å². The van der Waals surface area contributed by atoms with Gasteiger partial charge >= 0.3 is 0 Å². The van der Waals surface area contributed by atoms with Crippen LogP contribution in [-0.4, -0.2) is 44.3 Å². The van der Waals surface area contributed by atoms with Crippen LogP contribution in [0.15, 0.2) is 0 Å². The third kappa shape index (κ3) is 1.90. The molecule has 1 rings (SSSR count). The van der Waals surface area contributed by atoms with Gasteiger partial charge in [-0.2, -0.15) is 0 Å². The molecular formula is C7H14O4. The molecule has 66 valence electrons. The molecule has 1 aliphatic rings. The summed E-state index contributed by atoms with van der Waals surface area (Å²) in [6, 6.07) is 0. The van der Waals surface area contributed by atoms with E-state index in [0.29, 0.717) is 0 Å². The number of rotatable bonds is 0. The van der Waals surface area contributed by atoms with Gasteiger partial charge in [-0.05, 0) is 6.92 Å². The molecule has 11 heavy (non-hydrogen) atoms. The quantitative estimate of drug-likeness (QED) is 0.353. The van der Waals surface area contributed by atoms with Crippen molar-refractivity contribution in [2.24, 2.45) is 0 Å². The number of hydrogen-bond acceptors (Lipinski definition) is 4. The highest BCUT2D eigenvalue weighted by Crippen LogP contribution is 2.28. The van der Waals surface area contributed by atoms with Crippen LogP contribution in [0.2, 0.25) is 0 Å². The molecular weight excluding hydrogens is 148 g/mol. The summed E-state index contributed by atoms with van der Waals surface area (Å²) < 4.78 is 0. The van der Waals surface area contributed by atoms with Crippen molar-refractivity contribution in [2.45, 2.75) is 43.7 Å². The van der Waals surface area contributed by atoms with Crippen molar-refractivity contribution in [3.8, 4) is 0 Å². The Kier molecular flexibility index (Phi) is 2.20. The fourth-order valence-electron chi connectivity index (χ4n) is 1.48. The van der Waals surface area contributed by atoms with E-state index in [1.165, 1.54) is 6.92 Å². The molecule has 0 aromatic rings. The van der Waals surface area contributed by atoms with Crippen molar-refractivity contribution < 1.29 is 20.4 Å². The molecule has 1 fully saturated rings. The van der Waals surface area contributed by atoms with Gasteiger partial charge in [0.25, 0.3) is 0 Å². The Bertz CT molecular complexity index is 131. The van der Waals surface area contributed by atoms with Crippen LogP contribution < -0.4 is 0 Å². The average molecular weight is 162 g/mol. The number of aliphatic hydroxyl groups is 4. The Balaban J connectivity index is 2.62. The molecule has 4 N–H and O–H groups in total. The predicted octanol–water partition coefficient (Wildman–Crippen LogP) is -1.39. The van der Waals surface area contributed by atoms with Gasteiger partial charge in [-0.25, -0.2) is 0 Å². The Morgan fingerprint density at radius 3 is 1.82 bits per heavy atom. The van der Waals surface area contributed by atoms with Crippen LogP contribution >= 0.6 is 0 Å². The Morgan fingerprint density at radius 2 is 1.45 bits per heavy atom. The van der Waals surface area contributed by atoms with Gasteiger partial charge in [-0.1, -0.05) is 0 Å². The summed E-state index contributed by atoms with van der Waals surface area (Å²) in [4.78, 5) is 0. The lowest BCUT2D eigenvalue weighted by Crippen LogP contribution is -2.51. The number of aliphatic hydroxyl groups excluding tert-OH is 3. The molecule has 0 radical (unpaired) electrons. The maximum Gasteiger partial charge on any atom is 0.106 e. The highest BCUT2D eigenvalue weighted by atomic mass is 16.4. The lowest BCUT2D eigenvalue weighted by atomic mass is 9.81. The molecule has 2 unspecified atom stereocenters. The summed E-state index contributed by atoms with van der Waals surface area (Å²) in [5.74, 6) is 0. The van der Waals surface area contributed by atoms with Crippen LogP contribution in [0.4, 0.5) is 0 Å². The molecule has 4 heteroatoms. The topological polar surface area (TPSA) is 80.9 Å². The third-order valence-electron chi connectivity index (χ3n) is 2.09. The van der Waals surface area contributed by atoms with E-state index >= 15 is 0 Å². The van der Waals surface area contributed by atoms with E-state index in [9.17, 15) is 5.11 Å². The minimum Gasteiger partial charge on any atom is -0.390 e. The van der Waals surface area contributed by atoms with Crippen LogP contribution in [0.25, 0.3) is 0 Å². The zero-order valence-corrected chi connectivity index (χ0v) is 6.44. The summed E-state index contributed by atoms with van der Waals surface area (Å²) in [6.45, 7) is 1.53. The summed E-state index contributed by atoms with van der Waals surface area (Å²) >= 11 is 0.